The topological polar surface area (TPSA) is 68.0 Å². The molecule has 1 aromatic rings. The maximum Gasteiger partial charge on any atom is 0.240 e. The summed E-state index contributed by atoms with van der Waals surface area (Å²) in [5.74, 6) is -0.0502. The predicted octanol–water partition coefficient (Wildman–Crippen LogP) is 0.498. The summed E-state index contributed by atoms with van der Waals surface area (Å²) in [7, 11) is 0. The third kappa shape index (κ3) is 2.15. The zero-order valence-electron chi connectivity index (χ0n) is 8.79. The van der Waals surface area contributed by atoms with Crippen LogP contribution in [-0.4, -0.2) is 16.4 Å². The van der Waals surface area contributed by atoms with Gasteiger partial charge in [-0.1, -0.05) is 0 Å². The largest absolute Gasteiger partial charge is 0.350 e. The van der Waals surface area contributed by atoms with Gasteiger partial charge in [0.2, 0.25) is 5.91 Å². The van der Waals surface area contributed by atoms with E-state index >= 15 is 0 Å². The van der Waals surface area contributed by atoms with Gasteiger partial charge in [-0.2, -0.15) is 0 Å². The Morgan fingerprint density at radius 1 is 1.67 bits per heavy atom. The average molecular weight is 205 g/mol. The molecule has 1 fully saturated rings. The fraction of sp³-hybridized carbons (Fsp3) is 0.455. The Morgan fingerprint density at radius 2 is 2.40 bits per heavy atom. The molecule has 0 spiro atoms. The third-order valence-corrected chi connectivity index (χ3v) is 2.83. The van der Waals surface area contributed by atoms with Crippen LogP contribution in [0.25, 0.3) is 0 Å². The molecule has 0 radical (unpaired) electrons. The van der Waals surface area contributed by atoms with Crippen molar-refractivity contribution in [2.24, 2.45) is 5.73 Å². The van der Waals surface area contributed by atoms with E-state index in [2.05, 4.69) is 10.3 Å². The predicted molar refractivity (Wildman–Crippen MR) is 57.0 cm³/mol. The fourth-order valence-electron chi connectivity index (χ4n) is 1.40. The van der Waals surface area contributed by atoms with Crippen LogP contribution in [0.15, 0.2) is 18.5 Å². The van der Waals surface area contributed by atoms with E-state index < -0.39 is 5.54 Å². The molecule has 15 heavy (non-hydrogen) atoms. The van der Waals surface area contributed by atoms with Crippen molar-refractivity contribution in [1.82, 2.24) is 10.3 Å². The number of rotatable bonds is 3. The molecule has 1 aromatic heterocycles. The molecule has 4 nitrogen and oxygen atoms in total. The second-order valence-corrected chi connectivity index (χ2v) is 4.14. The Balaban J connectivity index is 1.93. The maximum atomic E-state index is 11.6. The fourth-order valence-corrected chi connectivity index (χ4v) is 1.40. The van der Waals surface area contributed by atoms with Gasteiger partial charge in [-0.3, -0.25) is 9.78 Å². The summed E-state index contributed by atoms with van der Waals surface area (Å²) in [6.07, 6.45) is 5.10. The summed E-state index contributed by atoms with van der Waals surface area (Å²) in [6, 6.07) is 1.93. The number of hydrogen-bond donors (Lipinski definition) is 2. The molecule has 0 unspecified atom stereocenters. The van der Waals surface area contributed by atoms with Crippen molar-refractivity contribution in [3.05, 3.63) is 29.6 Å². The first-order valence-electron chi connectivity index (χ1n) is 5.08. The Labute approximate surface area is 88.9 Å². The van der Waals surface area contributed by atoms with Crippen LogP contribution in [0.1, 0.15) is 24.0 Å². The van der Waals surface area contributed by atoms with E-state index in [0.717, 1.165) is 24.0 Å². The van der Waals surface area contributed by atoms with E-state index in [4.69, 9.17) is 5.73 Å². The number of nitrogens with zero attached hydrogens (tertiary/aromatic N) is 1. The van der Waals surface area contributed by atoms with Gasteiger partial charge in [0.1, 0.15) is 0 Å². The van der Waals surface area contributed by atoms with Gasteiger partial charge >= 0.3 is 0 Å². The number of nitrogens with two attached hydrogens (primary N) is 1. The Bertz CT molecular complexity index is 385. The van der Waals surface area contributed by atoms with Gasteiger partial charge in [0, 0.05) is 18.9 Å². The second kappa shape index (κ2) is 3.62. The first kappa shape index (κ1) is 10.1. The molecule has 0 saturated heterocycles. The number of aromatic nitrogens is 1. The summed E-state index contributed by atoms with van der Waals surface area (Å²) in [4.78, 5) is 15.6. The lowest BCUT2D eigenvalue weighted by Crippen LogP contribution is -2.42. The number of hydrogen-bond acceptors (Lipinski definition) is 3. The molecule has 1 aliphatic carbocycles. The molecule has 0 bridgehead atoms. The van der Waals surface area contributed by atoms with Gasteiger partial charge in [-0.25, -0.2) is 0 Å². The van der Waals surface area contributed by atoms with Crippen molar-refractivity contribution in [3.63, 3.8) is 0 Å². The lowest BCUT2D eigenvalue weighted by molar-refractivity contribution is -0.123. The van der Waals surface area contributed by atoms with Crippen LogP contribution >= 0.6 is 0 Å². The number of carbonyl (C=O) groups is 1. The smallest absolute Gasteiger partial charge is 0.240 e. The van der Waals surface area contributed by atoms with Crippen LogP contribution < -0.4 is 11.1 Å². The SMILES string of the molecule is Cc1ccncc1CNC(=O)C1(N)CC1. The van der Waals surface area contributed by atoms with Crippen molar-refractivity contribution in [2.45, 2.75) is 31.8 Å². The van der Waals surface area contributed by atoms with Crippen molar-refractivity contribution in [3.8, 4) is 0 Å². The molecular weight excluding hydrogens is 190 g/mol. The minimum atomic E-state index is -0.587. The summed E-state index contributed by atoms with van der Waals surface area (Å²) in [6.45, 7) is 2.51. The highest BCUT2D eigenvalue weighted by molar-refractivity contribution is 5.88. The molecule has 2 rings (SSSR count). The number of nitrogens with one attached hydrogen (secondary N) is 1. The van der Waals surface area contributed by atoms with Gasteiger partial charge in [-0.05, 0) is 37.0 Å². The lowest BCUT2D eigenvalue weighted by atomic mass is 10.1. The minimum Gasteiger partial charge on any atom is -0.350 e. The summed E-state index contributed by atoms with van der Waals surface area (Å²) in [5, 5.41) is 2.84. The number of amides is 1. The molecule has 0 aliphatic heterocycles. The highest BCUT2D eigenvalue weighted by Crippen LogP contribution is 2.32. The lowest BCUT2D eigenvalue weighted by Gasteiger charge is -2.10. The van der Waals surface area contributed by atoms with E-state index in [1.54, 1.807) is 12.4 Å². The summed E-state index contributed by atoms with van der Waals surface area (Å²) >= 11 is 0. The van der Waals surface area contributed by atoms with E-state index in [0.29, 0.717) is 6.54 Å². The number of carbonyl (C=O) groups excluding carboxylic acids is 1. The average Bonchev–Trinajstić information content (AvgIpc) is 2.96. The van der Waals surface area contributed by atoms with Gasteiger partial charge in [0.05, 0.1) is 5.54 Å². The first-order valence-corrected chi connectivity index (χ1v) is 5.08. The van der Waals surface area contributed by atoms with Gasteiger partial charge in [0.25, 0.3) is 0 Å². The molecule has 0 atom stereocenters. The van der Waals surface area contributed by atoms with Crippen LogP contribution in [-0.2, 0) is 11.3 Å². The van der Waals surface area contributed by atoms with E-state index in [1.165, 1.54) is 0 Å². The first-order chi connectivity index (χ1) is 7.12. The van der Waals surface area contributed by atoms with Crippen molar-refractivity contribution < 1.29 is 4.79 Å². The van der Waals surface area contributed by atoms with Gasteiger partial charge < -0.3 is 11.1 Å². The summed E-state index contributed by atoms with van der Waals surface area (Å²) in [5.41, 5.74) is 7.35. The van der Waals surface area contributed by atoms with Crippen LogP contribution in [0.3, 0.4) is 0 Å². The Hall–Kier alpha value is -1.42. The van der Waals surface area contributed by atoms with Crippen LogP contribution in [0.5, 0.6) is 0 Å². The molecule has 80 valence electrons. The molecule has 1 saturated carbocycles. The molecule has 4 heteroatoms. The van der Waals surface area contributed by atoms with E-state index in [9.17, 15) is 4.79 Å². The quantitative estimate of drug-likeness (QED) is 0.755. The Kier molecular flexibility index (Phi) is 2.44. The minimum absolute atomic E-state index is 0.0502. The number of pyridine rings is 1. The standard InChI is InChI=1S/C11H15N3O/c1-8-2-5-13-6-9(8)7-14-10(15)11(12)3-4-11/h2,5-6H,3-4,7,12H2,1H3,(H,14,15). The zero-order chi connectivity index (χ0) is 10.9. The summed E-state index contributed by atoms with van der Waals surface area (Å²) < 4.78 is 0. The monoisotopic (exact) mass is 205 g/mol. The van der Waals surface area contributed by atoms with Crippen LogP contribution in [0.2, 0.25) is 0 Å². The third-order valence-electron chi connectivity index (χ3n) is 2.83. The normalized spacial score (nSPS) is 17.2. The molecule has 3 N–H and O–H groups in total. The van der Waals surface area contributed by atoms with Gasteiger partial charge in [-0.15, -0.1) is 0 Å². The highest BCUT2D eigenvalue weighted by atomic mass is 16.2. The molecule has 1 heterocycles. The van der Waals surface area contributed by atoms with Gasteiger partial charge in [0.15, 0.2) is 0 Å². The molecule has 1 aliphatic rings. The number of aryl methyl sites for hydroxylation is 1. The molecular formula is C11H15N3O. The maximum absolute atomic E-state index is 11.6. The highest BCUT2D eigenvalue weighted by Gasteiger charge is 2.45. The van der Waals surface area contributed by atoms with Crippen molar-refractivity contribution in [1.29, 1.82) is 0 Å². The van der Waals surface area contributed by atoms with Crippen LogP contribution in [0, 0.1) is 6.92 Å². The molecule has 0 aromatic carbocycles. The van der Waals surface area contributed by atoms with E-state index in [-0.39, 0.29) is 5.91 Å². The molecule has 1 amide bonds. The zero-order valence-corrected chi connectivity index (χ0v) is 8.79. The Morgan fingerprint density at radius 3 is 3.00 bits per heavy atom. The van der Waals surface area contributed by atoms with Crippen molar-refractivity contribution in [2.75, 3.05) is 0 Å². The van der Waals surface area contributed by atoms with Crippen LogP contribution in [0.4, 0.5) is 0 Å². The van der Waals surface area contributed by atoms with E-state index in [1.807, 2.05) is 13.0 Å². The van der Waals surface area contributed by atoms with Crippen molar-refractivity contribution >= 4 is 5.91 Å². The second-order valence-electron chi connectivity index (χ2n) is 4.14.